The molecule has 0 saturated carbocycles. The first-order valence-electron chi connectivity index (χ1n) is 12.5. The Morgan fingerprint density at radius 1 is 0.947 bits per heavy atom. The van der Waals surface area contributed by atoms with Gasteiger partial charge < -0.3 is 24.8 Å². The van der Waals surface area contributed by atoms with Crippen molar-refractivity contribution in [2.24, 2.45) is 0 Å². The lowest BCUT2D eigenvalue weighted by Gasteiger charge is -2.43. The van der Waals surface area contributed by atoms with Crippen LogP contribution in [0, 0.1) is 5.82 Å². The molecule has 2 aliphatic heterocycles. The fourth-order valence-electron chi connectivity index (χ4n) is 5.30. The van der Waals surface area contributed by atoms with E-state index in [1.807, 2.05) is 41.3 Å². The molecule has 3 aromatic carbocycles. The number of methoxy groups -OCH3 is 1. The molecule has 3 aromatic rings. The molecule has 0 bridgehead atoms. The van der Waals surface area contributed by atoms with E-state index in [1.54, 1.807) is 28.0 Å². The van der Waals surface area contributed by atoms with E-state index in [1.165, 1.54) is 31.4 Å². The molecule has 3 amide bonds. The molecule has 196 valence electrons. The number of likely N-dealkylation sites (tertiary alicyclic amines) is 1. The molecule has 5 rings (SSSR count). The Balaban J connectivity index is 1.34. The van der Waals surface area contributed by atoms with Crippen molar-refractivity contribution in [1.82, 2.24) is 9.80 Å². The lowest BCUT2D eigenvalue weighted by Crippen LogP contribution is -2.57. The minimum atomic E-state index is -0.866. The van der Waals surface area contributed by atoms with Gasteiger partial charge in [0.1, 0.15) is 23.7 Å². The number of benzene rings is 3. The lowest BCUT2D eigenvalue weighted by atomic mass is 9.85. The highest BCUT2D eigenvalue weighted by atomic mass is 19.1. The predicted molar refractivity (Wildman–Crippen MR) is 141 cm³/mol. The SMILES string of the molecule is COc1ccccc1C(=O)N1CCC2(CC1)C(=O)N(CC(=O)Nc1ccc(F)cc1)CN2c1ccccc1. The van der Waals surface area contributed by atoms with Gasteiger partial charge in [0, 0.05) is 24.5 Å². The number of piperidine rings is 1. The fourth-order valence-corrected chi connectivity index (χ4v) is 5.30. The van der Waals surface area contributed by atoms with E-state index in [0.717, 1.165) is 5.69 Å². The van der Waals surface area contributed by atoms with Gasteiger partial charge in [0.05, 0.1) is 19.3 Å². The van der Waals surface area contributed by atoms with Gasteiger partial charge >= 0.3 is 0 Å². The number of ether oxygens (including phenoxy) is 1. The second kappa shape index (κ2) is 10.5. The predicted octanol–water partition coefficient (Wildman–Crippen LogP) is 3.75. The Morgan fingerprint density at radius 2 is 1.61 bits per heavy atom. The Hall–Kier alpha value is -4.40. The number of anilines is 2. The first kappa shape index (κ1) is 25.3. The van der Waals surface area contributed by atoms with E-state index in [0.29, 0.717) is 42.9 Å². The molecular formula is C29H29FN4O4. The number of hydrogen-bond acceptors (Lipinski definition) is 5. The Kier molecular flexibility index (Phi) is 7.00. The number of amides is 3. The molecule has 9 heteroatoms. The average Bonchev–Trinajstić information content (AvgIpc) is 3.20. The van der Waals surface area contributed by atoms with Gasteiger partial charge in [0.25, 0.3) is 11.8 Å². The second-order valence-electron chi connectivity index (χ2n) is 9.49. The number of halogens is 1. The van der Waals surface area contributed by atoms with Crippen LogP contribution in [0.3, 0.4) is 0 Å². The summed E-state index contributed by atoms with van der Waals surface area (Å²) in [6.45, 7) is 0.897. The zero-order valence-corrected chi connectivity index (χ0v) is 21.1. The molecule has 8 nitrogen and oxygen atoms in total. The number of para-hydroxylation sites is 2. The molecule has 0 radical (unpaired) electrons. The third kappa shape index (κ3) is 4.79. The van der Waals surface area contributed by atoms with Crippen molar-refractivity contribution in [2.45, 2.75) is 18.4 Å². The summed E-state index contributed by atoms with van der Waals surface area (Å²) < 4.78 is 18.6. The Labute approximate surface area is 220 Å². The second-order valence-corrected chi connectivity index (χ2v) is 9.49. The molecule has 2 fully saturated rings. The first-order chi connectivity index (χ1) is 18.4. The molecule has 38 heavy (non-hydrogen) atoms. The monoisotopic (exact) mass is 516 g/mol. The van der Waals surface area contributed by atoms with Crippen LogP contribution in [0.25, 0.3) is 0 Å². The summed E-state index contributed by atoms with van der Waals surface area (Å²) in [5.41, 5.74) is 0.963. The molecule has 2 saturated heterocycles. The van der Waals surface area contributed by atoms with Crippen LogP contribution < -0.4 is 15.0 Å². The molecule has 1 spiro atoms. The van der Waals surface area contributed by atoms with Crippen molar-refractivity contribution in [1.29, 1.82) is 0 Å². The third-order valence-corrected chi connectivity index (χ3v) is 7.26. The van der Waals surface area contributed by atoms with Gasteiger partial charge in [-0.1, -0.05) is 30.3 Å². The highest BCUT2D eigenvalue weighted by molar-refractivity contribution is 6.00. The van der Waals surface area contributed by atoms with Gasteiger partial charge in [-0.25, -0.2) is 4.39 Å². The average molecular weight is 517 g/mol. The molecular weight excluding hydrogens is 487 g/mol. The zero-order valence-electron chi connectivity index (χ0n) is 21.1. The number of hydrogen-bond donors (Lipinski definition) is 1. The zero-order chi connectivity index (χ0) is 26.7. The topological polar surface area (TPSA) is 82.2 Å². The van der Waals surface area contributed by atoms with E-state index in [4.69, 9.17) is 4.74 Å². The molecule has 0 unspecified atom stereocenters. The summed E-state index contributed by atoms with van der Waals surface area (Å²) in [4.78, 5) is 45.3. The maximum absolute atomic E-state index is 13.9. The normalized spacial score (nSPS) is 16.6. The number of carbonyl (C=O) groups is 3. The maximum Gasteiger partial charge on any atom is 0.257 e. The van der Waals surface area contributed by atoms with Gasteiger partial charge in [0.15, 0.2) is 0 Å². The lowest BCUT2D eigenvalue weighted by molar-refractivity contribution is -0.136. The number of nitrogens with one attached hydrogen (secondary N) is 1. The largest absolute Gasteiger partial charge is 0.496 e. The third-order valence-electron chi connectivity index (χ3n) is 7.26. The van der Waals surface area contributed by atoms with Crippen molar-refractivity contribution in [2.75, 3.05) is 43.6 Å². The van der Waals surface area contributed by atoms with Crippen molar-refractivity contribution < 1.29 is 23.5 Å². The molecule has 2 aliphatic rings. The first-order valence-corrected chi connectivity index (χ1v) is 12.5. The van der Waals surface area contributed by atoms with E-state index < -0.39 is 11.4 Å². The van der Waals surface area contributed by atoms with Crippen LogP contribution >= 0.6 is 0 Å². The van der Waals surface area contributed by atoms with Crippen LogP contribution in [0.15, 0.2) is 78.9 Å². The molecule has 2 heterocycles. The summed E-state index contributed by atoms with van der Waals surface area (Å²) in [5.74, 6) is -0.518. The Bertz CT molecular complexity index is 1320. The summed E-state index contributed by atoms with van der Waals surface area (Å²) in [6.07, 6.45) is 0.857. The maximum atomic E-state index is 13.9. The Morgan fingerprint density at radius 3 is 2.29 bits per heavy atom. The van der Waals surface area contributed by atoms with Gasteiger partial charge in [-0.05, 0) is 61.4 Å². The summed E-state index contributed by atoms with van der Waals surface area (Å²) in [7, 11) is 1.53. The van der Waals surface area contributed by atoms with Crippen LogP contribution in [0.2, 0.25) is 0 Å². The van der Waals surface area contributed by atoms with Crippen molar-refractivity contribution in [3.8, 4) is 5.75 Å². The van der Waals surface area contributed by atoms with E-state index in [-0.39, 0.29) is 30.9 Å². The van der Waals surface area contributed by atoms with Crippen LogP contribution in [-0.2, 0) is 9.59 Å². The summed E-state index contributed by atoms with van der Waals surface area (Å²) in [6, 6.07) is 22.2. The summed E-state index contributed by atoms with van der Waals surface area (Å²) >= 11 is 0. The summed E-state index contributed by atoms with van der Waals surface area (Å²) in [5, 5.41) is 2.73. The minimum absolute atomic E-state index is 0.134. The van der Waals surface area contributed by atoms with Crippen LogP contribution in [0.5, 0.6) is 5.75 Å². The van der Waals surface area contributed by atoms with Gasteiger partial charge in [0.2, 0.25) is 5.91 Å². The van der Waals surface area contributed by atoms with Crippen molar-refractivity contribution in [3.63, 3.8) is 0 Å². The van der Waals surface area contributed by atoms with Crippen molar-refractivity contribution in [3.05, 3.63) is 90.2 Å². The van der Waals surface area contributed by atoms with E-state index in [2.05, 4.69) is 5.32 Å². The smallest absolute Gasteiger partial charge is 0.257 e. The van der Waals surface area contributed by atoms with Gasteiger partial charge in [-0.15, -0.1) is 0 Å². The van der Waals surface area contributed by atoms with Crippen LogP contribution in [-0.4, -0.2) is 66.5 Å². The molecule has 1 N–H and O–H groups in total. The van der Waals surface area contributed by atoms with E-state index >= 15 is 0 Å². The highest BCUT2D eigenvalue weighted by Gasteiger charge is 2.54. The molecule has 0 atom stereocenters. The van der Waals surface area contributed by atoms with Gasteiger partial charge in [-0.3, -0.25) is 14.4 Å². The van der Waals surface area contributed by atoms with Crippen molar-refractivity contribution >= 4 is 29.1 Å². The number of nitrogens with zero attached hydrogens (tertiary/aromatic N) is 3. The van der Waals surface area contributed by atoms with E-state index in [9.17, 15) is 18.8 Å². The highest BCUT2D eigenvalue weighted by Crippen LogP contribution is 2.40. The quantitative estimate of drug-likeness (QED) is 0.540. The number of carbonyl (C=O) groups excluding carboxylic acids is 3. The standard InChI is InChI=1S/C29H29FN4O4/c1-38-25-10-6-5-9-24(25)27(36)32-17-15-29(16-18-32)28(37)33(20-34(29)23-7-3-2-4-8-23)19-26(35)31-22-13-11-21(30)12-14-22/h2-14H,15-20H2,1H3,(H,31,35). The number of rotatable bonds is 6. The van der Waals surface area contributed by atoms with Crippen LogP contribution in [0.4, 0.5) is 15.8 Å². The molecule has 0 aliphatic carbocycles. The van der Waals surface area contributed by atoms with Crippen LogP contribution in [0.1, 0.15) is 23.2 Å². The van der Waals surface area contributed by atoms with Gasteiger partial charge in [-0.2, -0.15) is 0 Å². The minimum Gasteiger partial charge on any atom is -0.496 e. The fraction of sp³-hybridized carbons (Fsp3) is 0.276. The molecule has 0 aromatic heterocycles.